The minimum Gasteiger partial charge on any atom is -0.396 e. The smallest absolute Gasteiger partial charge is 0.320 e. The predicted molar refractivity (Wildman–Crippen MR) is 121 cm³/mol. The molecule has 0 radical (unpaired) electrons. The molecule has 0 unspecified atom stereocenters. The fourth-order valence-electron chi connectivity index (χ4n) is 3.16. The third-order valence-electron chi connectivity index (χ3n) is 4.99. The minimum atomic E-state index is -0.190. The Morgan fingerprint density at radius 3 is 2.66 bits per heavy atom. The lowest BCUT2D eigenvalue weighted by molar-refractivity contribution is -0.108. The summed E-state index contributed by atoms with van der Waals surface area (Å²) in [4.78, 5) is 26.3. The fraction of sp³-hybridized carbons (Fsp3) is 0.364. The number of rotatable bonds is 8. The summed E-state index contributed by atoms with van der Waals surface area (Å²) in [7, 11) is 3.36. The molecule has 0 aliphatic heterocycles. The van der Waals surface area contributed by atoms with Gasteiger partial charge in [0.15, 0.2) is 0 Å². The van der Waals surface area contributed by atoms with E-state index in [4.69, 9.17) is 5.73 Å². The van der Waals surface area contributed by atoms with Crippen molar-refractivity contribution in [3.63, 3.8) is 0 Å². The van der Waals surface area contributed by atoms with Crippen LogP contribution in [-0.2, 0) is 11.3 Å². The van der Waals surface area contributed by atoms with Gasteiger partial charge in [-0.05, 0) is 69.6 Å². The van der Waals surface area contributed by atoms with Crippen molar-refractivity contribution in [2.75, 3.05) is 38.2 Å². The molecule has 1 fully saturated rings. The normalized spacial score (nSPS) is 13.1. The average Bonchev–Trinajstić information content (AvgIpc) is 3.52. The second-order valence-electron chi connectivity index (χ2n) is 7.67. The Balaban J connectivity index is 1.84. The number of nitrogens with two attached hydrogens (primary N) is 1. The number of urea groups is 1. The first-order chi connectivity index (χ1) is 13.9. The molecule has 3 rings (SSSR count). The van der Waals surface area contributed by atoms with Crippen LogP contribution in [0, 0.1) is 5.92 Å². The third-order valence-corrected chi connectivity index (χ3v) is 5.65. The van der Waals surface area contributed by atoms with E-state index < -0.39 is 0 Å². The number of nitrogen functional groups attached to an aromatic ring is 1. The first-order valence-corrected chi connectivity index (χ1v) is 10.5. The second-order valence-corrected chi connectivity index (χ2v) is 8.52. The number of hydrogen-bond donors (Lipinski definition) is 2. The summed E-state index contributed by atoms with van der Waals surface area (Å²) < 4.78 is 0.851. The third kappa shape index (κ3) is 5.50. The fourth-order valence-corrected chi connectivity index (χ4v) is 3.62. The quantitative estimate of drug-likeness (QED) is 0.458. The number of nitrogens with zero attached hydrogens (tertiary/aromatic N) is 2. The minimum absolute atomic E-state index is 0.0594. The Morgan fingerprint density at radius 1 is 1.24 bits per heavy atom. The van der Waals surface area contributed by atoms with Crippen molar-refractivity contribution in [1.29, 1.82) is 0 Å². The van der Waals surface area contributed by atoms with E-state index in [0.717, 1.165) is 45.6 Å². The standard InChI is InChI=1S/C22H27BrN4O2/c1-26(2)22(29)27(8-9-28)14-16-4-3-5-17(10-16)18-11-19(23)21(24)20(12-18)25-13-15-6-7-15/h3-5,9-12,15,25H,6-8,13-14,24H2,1-2H3. The van der Waals surface area contributed by atoms with Crippen LogP contribution in [0.5, 0.6) is 0 Å². The van der Waals surface area contributed by atoms with E-state index >= 15 is 0 Å². The maximum atomic E-state index is 12.3. The molecule has 2 aromatic rings. The first kappa shape index (κ1) is 21.2. The summed E-state index contributed by atoms with van der Waals surface area (Å²) in [6, 6.07) is 11.9. The van der Waals surface area contributed by atoms with Gasteiger partial charge < -0.3 is 25.6 Å². The van der Waals surface area contributed by atoms with Gasteiger partial charge in [-0.15, -0.1) is 0 Å². The number of hydrogen-bond acceptors (Lipinski definition) is 4. The molecular formula is C22H27BrN4O2. The topological polar surface area (TPSA) is 78.7 Å². The van der Waals surface area contributed by atoms with Crippen LogP contribution in [0.1, 0.15) is 18.4 Å². The van der Waals surface area contributed by atoms with Gasteiger partial charge in [-0.25, -0.2) is 4.79 Å². The van der Waals surface area contributed by atoms with Crippen molar-refractivity contribution < 1.29 is 9.59 Å². The highest BCUT2D eigenvalue weighted by atomic mass is 79.9. The Kier molecular flexibility index (Phi) is 6.79. The lowest BCUT2D eigenvalue weighted by Crippen LogP contribution is -2.39. The molecule has 0 aromatic heterocycles. The van der Waals surface area contributed by atoms with Crippen LogP contribution in [0.3, 0.4) is 0 Å². The highest BCUT2D eigenvalue weighted by molar-refractivity contribution is 9.10. The lowest BCUT2D eigenvalue weighted by atomic mass is 10.0. The number of carbonyl (C=O) groups is 2. The molecule has 0 atom stereocenters. The van der Waals surface area contributed by atoms with E-state index in [9.17, 15) is 9.59 Å². The Hall–Kier alpha value is -2.54. The van der Waals surface area contributed by atoms with Crippen LogP contribution in [-0.4, -0.2) is 49.3 Å². The van der Waals surface area contributed by atoms with Gasteiger partial charge in [0.1, 0.15) is 6.29 Å². The first-order valence-electron chi connectivity index (χ1n) is 9.71. The van der Waals surface area contributed by atoms with Crippen LogP contribution >= 0.6 is 15.9 Å². The molecule has 1 saturated carbocycles. The number of carbonyl (C=O) groups excluding carboxylic acids is 2. The molecule has 0 bridgehead atoms. The van der Waals surface area contributed by atoms with Crippen LogP contribution in [0.25, 0.3) is 11.1 Å². The number of halogens is 1. The largest absolute Gasteiger partial charge is 0.396 e. The molecule has 1 aliphatic carbocycles. The number of amides is 2. The van der Waals surface area contributed by atoms with Gasteiger partial charge >= 0.3 is 6.03 Å². The van der Waals surface area contributed by atoms with E-state index in [2.05, 4.69) is 27.3 Å². The summed E-state index contributed by atoms with van der Waals surface area (Å²) >= 11 is 3.57. The number of benzene rings is 2. The van der Waals surface area contributed by atoms with Crippen LogP contribution in [0.15, 0.2) is 40.9 Å². The summed E-state index contributed by atoms with van der Waals surface area (Å²) in [5.74, 6) is 0.748. The molecule has 1 aliphatic rings. The number of anilines is 2. The Labute approximate surface area is 180 Å². The molecule has 154 valence electrons. The SMILES string of the molecule is CN(C)C(=O)N(CC=O)Cc1cccc(-c2cc(Br)c(N)c(NCC3CC3)c2)c1. The molecule has 0 spiro atoms. The molecule has 2 amide bonds. The summed E-state index contributed by atoms with van der Waals surface area (Å²) in [6.07, 6.45) is 3.30. The molecule has 29 heavy (non-hydrogen) atoms. The maximum absolute atomic E-state index is 12.3. The van der Waals surface area contributed by atoms with Crippen molar-refractivity contribution in [2.45, 2.75) is 19.4 Å². The number of nitrogens with one attached hydrogen (secondary N) is 1. The van der Waals surface area contributed by atoms with Gasteiger partial charge in [0.2, 0.25) is 0 Å². The van der Waals surface area contributed by atoms with Crippen molar-refractivity contribution >= 4 is 39.6 Å². The van der Waals surface area contributed by atoms with Gasteiger partial charge in [0.25, 0.3) is 0 Å². The van der Waals surface area contributed by atoms with E-state index in [0.29, 0.717) is 12.2 Å². The molecule has 2 aromatic carbocycles. The van der Waals surface area contributed by atoms with Crippen LogP contribution in [0.4, 0.5) is 16.2 Å². The second kappa shape index (κ2) is 9.31. The highest BCUT2D eigenvalue weighted by Gasteiger charge is 2.21. The summed E-state index contributed by atoms with van der Waals surface area (Å²) in [5, 5.41) is 3.46. The van der Waals surface area contributed by atoms with E-state index in [-0.39, 0.29) is 12.6 Å². The van der Waals surface area contributed by atoms with E-state index in [1.807, 2.05) is 30.3 Å². The van der Waals surface area contributed by atoms with Crippen molar-refractivity contribution in [3.8, 4) is 11.1 Å². The highest BCUT2D eigenvalue weighted by Crippen LogP contribution is 2.36. The average molecular weight is 459 g/mol. The Bertz CT molecular complexity index is 896. The lowest BCUT2D eigenvalue weighted by Gasteiger charge is -2.24. The van der Waals surface area contributed by atoms with Gasteiger partial charge in [0, 0.05) is 31.7 Å². The zero-order valence-corrected chi connectivity index (χ0v) is 18.4. The number of aldehydes is 1. The molecular weight excluding hydrogens is 432 g/mol. The molecule has 7 heteroatoms. The van der Waals surface area contributed by atoms with Crippen molar-refractivity contribution in [1.82, 2.24) is 9.80 Å². The maximum Gasteiger partial charge on any atom is 0.320 e. The Morgan fingerprint density at radius 2 is 2.00 bits per heavy atom. The van der Waals surface area contributed by atoms with Crippen LogP contribution < -0.4 is 11.1 Å². The van der Waals surface area contributed by atoms with E-state index in [1.165, 1.54) is 22.6 Å². The van der Waals surface area contributed by atoms with E-state index in [1.54, 1.807) is 14.1 Å². The molecule has 6 nitrogen and oxygen atoms in total. The summed E-state index contributed by atoms with van der Waals surface area (Å²) in [6.45, 7) is 1.36. The zero-order valence-electron chi connectivity index (χ0n) is 16.8. The predicted octanol–water partition coefficient (Wildman–Crippen LogP) is 4.20. The monoisotopic (exact) mass is 458 g/mol. The molecule has 0 saturated heterocycles. The van der Waals surface area contributed by atoms with Crippen LogP contribution in [0.2, 0.25) is 0 Å². The van der Waals surface area contributed by atoms with Gasteiger partial charge in [-0.3, -0.25) is 0 Å². The molecule has 3 N–H and O–H groups in total. The van der Waals surface area contributed by atoms with Crippen molar-refractivity contribution in [3.05, 3.63) is 46.4 Å². The van der Waals surface area contributed by atoms with Gasteiger partial charge in [-0.1, -0.05) is 18.2 Å². The molecule has 0 heterocycles. The van der Waals surface area contributed by atoms with Gasteiger partial charge in [-0.2, -0.15) is 0 Å². The van der Waals surface area contributed by atoms with Crippen molar-refractivity contribution in [2.24, 2.45) is 5.92 Å². The summed E-state index contributed by atoms with van der Waals surface area (Å²) in [5.41, 5.74) is 10.9. The zero-order chi connectivity index (χ0) is 21.0. The van der Waals surface area contributed by atoms with Gasteiger partial charge in [0.05, 0.1) is 17.9 Å².